The Labute approximate surface area is 129 Å². The third-order valence-electron chi connectivity index (χ3n) is 3.61. The average Bonchev–Trinajstić information content (AvgIpc) is 2.37. The van der Waals surface area contributed by atoms with Gasteiger partial charge in [0.05, 0.1) is 6.42 Å². The lowest BCUT2D eigenvalue weighted by atomic mass is 10.1. The van der Waals surface area contributed by atoms with Gasteiger partial charge in [0, 0.05) is 18.8 Å². The first-order valence-corrected chi connectivity index (χ1v) is 8.00. The van der Waals surface area contributed by atoms with Crippen molar-refractivity contribution in [3.63, 3.8) is 0 Å². The van der Waals surface area contributed by atoms with Crippen LogP contribution in [-0.4, -0.2) is 23.9 Å². The van der Waals surface area contributed by atoms with Crippen molar-refractivity contribution in [1.29, 1.82) is 0 Å². The number of benzene rings is 1. The van der Waals surface area contributed by atoms with E-state index >= 15 is 0 Å². The predicted molar refractivity (Wildman–Crippen MR) is 90.0 cm³/mol. The highest BCUT2D eigenvalue weighted by Crippen LogP contribution is 2.11. The Morgan fingerprint density at radius 1 is 1.10 bits per heavy atom. The van der Waals surface area contributed by atoms with Gasteiger partial charge in [0.15, 0.2) is 0 Å². The molecule has 118 valence electrons. The summed E-state index contributed by atoms with van der Waals surface area (Å²) in [5.74, 6) is 1.44. The summed E-state index contributed by atoms with van der Waals surface area (Å²) in [5, 5.41) is 0. The van der Waals surface area contributed by atoms with E-state index in [4.69, 9.17) is 5.73 Å². The molecule has 1 aromatic carbocycles. The van der Waals surface area contributed by atoms with Crippen molar-refractivity contribution in [2.45, 2.75) is 47.0 Å². The molecule has 1 rings (SSSR count). The lowest BCUT2D eigenvalue weighted by molar-refractivity contribution is -0.130. The fourth-order valence-electron chi connectivity index (χ4n) is 2.18. The van der Waals surface area contributed by atoms with Gasteiger partial charge in [-0.25, -0.2) is 0 Å². The molecule has 0 aliphatic carbocycles. The molecule has 0 radical (unpaired) electrons. The molecule has 0 heterocycles. The molecule has 0 unspecified atom stereocenters. The Balaban J connectivity index is 2.64. The van der Waals surface area contributed by atoms with E-state index in [-0.39, 0.29) is 5.91 Å². The van der Waals surface area contributed by atoms with E-state index in [1.807, 2.05) is 29.2 Å². The van der Waals surface area contributed by atoms with Crippen molar-refractivity contribution in [2.24, 2.45) is 11.8 Å². The topological polar surface area (TPSA) is 46.3 Å². The van der Waals surface area contributed by atoms with E-state index in [0.29, 0.717) is 18.3 Å². The third-order valence-corrected chi connectivity index (χ3v) is 3.61. The van der Waals surface area contributed by atoms with Gasteiger partial charge >= 0.3 is 0 Å². The monoisotopic (exact) mass is 290 g/mol. The van der Waals surface area contributed by atoms with Crippen molar-refractivity contribution >= 4 is 11.6 Å². The summed E-state index contributed by atoms with van der Waals surface area (Å²) in [6.07, 6.45) is 2.56. The summed E-state index contributed by atoms with van der Waals surface area (Å²) in [7, 11) is 0. The molecule has 21 heavy (non-hydrogen) atoms. The molecular weight excluding hydrogens is 260 g/mol. The van der Waals surface area contributed by atoms with Crippen LogP contribution in [0, 0.1) is 11.8 Å². The molecule has 0 bridgehead atoms. The highest BCUT2D eigenvalue weighted by molar-refractivity contribution is 5.79. The normalized spacial score (nSPS) is 11.1. The molecular formula is C18H30N2O. The first kappa shape index (κ1) is 17.5. The summed E-state index contributed by atoms with van der Waals surface area (Å²) in [6.45, 7) is 10.5. The molecule has 0 saturated heterocycles. The molecule has 0 aliphatic heterocycles. The van der Waals surface area contributed by atoms with Gasteiger partial charge in [0.25, 0.3) is 0 Å². The minimum Gasteiger partial charge on any atom is -0.399 e. The highest BCUT2D eigenvalue weighted by Gasteiger charge is 2.15. The van der Waals surface area contributed by atoms with Gasteiger partial charge in [-0.15, -0.1) is 0 Å². The van der Waals surface area contributed by atoms with Gasteiger partial charge in [-0.2, -0.15) is 0 Å². The molecule has 1 amide bonds. The number of rotatable bonds is 8. The van der Waals surface area contributed by atoms with Crippen molar-refractivity contribution in [1.82, 2.24) is 4.90 Å². The van der Waals surface area contributed by atoms with Crippen LogP contribution in [0.4, 0.5) is 5.69 Å². The second-order valence-corrected chi connectivity index (χ2v) is 6.67. The van der Waals surface area contributed by atoms with Gasteiger partial charge in [0.2, 0.25) is 5.91 Å². The second kappa shape index (κ2) is 8.71. The third kappa shape index (κ3) is 7.16. The lowest BCUT2D eigenvalue weighted by Crippen LogP contribution is -2.35. The maximum atomic E-state index is 12.5. The van der Waals surface area contributed by atoms with Gasteiger partial charge in [-0.1, -0.05) is 39.8 Å². The maximum Gasteiger partial charge on any atom is 0.226 e. The zero-order valence-corrected chi connectivity index (χ0v) is 13.9. The molecule has 0 saturated carbocycles. The molecule has 0 spiro atoms. The first-order valence-electron chi connectivity index (χ1n) is 8.00. The van der Waals surface area contributed by atoms with Gasteiger partial charge in [-0.3, -0.25) is 4.79 Å². The summed E-state index contributed by atoms with van der Waals surface area (Å²) in [6, 6.07) is 7.62. The van der Waals surface area contributed by atoms with E-state index in [1.165, 1.54) is 0 Å². The molecule has 0 aromatic heterocycles. The van der Waals surface area contributed by atoms with Crippen LogP contribution in [0.3, 0.4) is 0 Å². The Hall–Kier alpha value is -1.51. The molecule has 2 N–H and O–H groups in total. The zero-order chi connectivity index (χ0) is 15.8. The van der Waals surface area contributed by atoms with E-state index in [0.717, 1.165) is 37.2 Å². The molecule has 3 nitrogen and oxygen atoms in total. The number of nitrogens with zero attached hydrogens (tertiary/aromatic N) is 1. The van der Waals surface area contributed by atoms with Crippen LogP contribution < -0.4 is 5.73 Å². The van der Waals surface area contributed by atoms with E-state index in [2.05, 4.69) is 27.7 Å². The number of carbonyl (C=O) groups excluding carboxylic acids is 1. The number of carbonyl (C=O) groups is 1. The first-order chi connectivity index (χ1) is 9.88. The van der Waals surface area contributed by atoms with Crippen LogP contribution in [0.1, 0.15) is 46.1 Å². The van der Waals surface area contributed by atoms with Crippen molar-refractivity contribution in [2.75, 3.05) is 18.8 Å². The average molecular weight is 290 g/mol. The Morgan fingerprint density at radius 2 is 1.67 bits per heavy atom. The maximum absolute atomic E-state index is 12.5. The van der Waals surface area contributed by atoms with Crippen molar-refractivity contribution < 1.29 is 4.79 Å². The highest BCUT2D eigenvalue weighted by atomic mass is 16.2. The Bertz CT molecular complexity index is 429. The van der Waals surface area contributed by atoms with Crippen molar-refractivity contribution in [3.8, 4) is 0 Å². The van der Waals surface area contributed by atoms with Crippen LogP contribution in [0.25, 0.3) is 0 Å². The fourth-order valence-corrected chi connectivity index (χ4v) is 2.18. The molecule has 1 aromatic rings. The van der Waals surface area contributed by atoms with Crippen LogP contribution in [-0.2, 0) is 11.2 Å². The summed E-state index contributed by atoms with van der Waals surface area (Å²) in [5.41, 5.74) is 7.50. The number of hydrogen-bond donors (Lipinski definition) is 1. The predicted octanol–water partition coefficient (Wildman–Crippen LogP) is 3.73. The minimum atomic E-state index is 0.210. The zero-order valence-electron chi connectivity index (χ0n) is 13.9. The van der Waals surface area contributed by atoms with Gasteiger partial charge < -0.3 is 10.6 Å². The van der Waals surface area contributed by atoms with Crippen LogP contribution in [0.2, 0.25) is 0 Å². The Morgan fingerprint density at radius 3 is 2.14 bits per heavy atom. The number of anilines is 1. The van der Waals surface area contributed by atoms with Crippen LogP contribution in [0.5, 0.6) is 0 Å². The molecule has 3 heteroatoms. The van der Waals surface area contributed by atoms with Gasteiger partial charge in [-0.05, 0) is 42.4 Å². The summed E-state index contributed by atoms with van der Waals surface area (Å²) >= 11 is 0. The molecule has 0 atom stereocenters. The van der Waals surface area contributed by atoms with E-state index < -0.39 is 0 Å². The smallest absolute Gasteiger partial charge is 0.226 e. The molecule has 0 fully saturated rings. The van der Waals surface area contributed by atoms with E-state index in [1.54, 1.807) is 0 Å². The summed E-state index contributed by atoms with van der Waals surface area (Å²) in [4.78, 5) is 14.6. The largest absolute Gasteiger partial charge is 0.399 e. The second-order valence-electron chi connectivity index (χ2n) is 6.67. The van der Waals surface area contributed by atoms with Crippen LogP contribution >= 0.6 is 0 Å². The fraction of sp³-hybridized carbons (Fsp3) is 0.611. The Kier molecular flexibility index (Phi) is 7.27. The number of nitrogen functional groups attached to an aromatic ring is 1. The minimum absolute atomic E-state index is 0.210. The standard InChI is InChI=1S/C18H30N2O/c1-14(2)8-10-20(11-9-15(3)4)18(21)13-16-6-5-7-17(19)12-16/h5-7,12,14-15H,8-11,13,19H2,1-4H3. The number of amides is 1. The van der Waals surface area contributed by atoms with Gasteiger partial charge in [0.1, 0.15) is 0 Å². The van der Waals surface area contributed by atoms with Crippen LogP contribution in [0.15, 0.2) is 24.3 Å². The quantitative estimate of drug-likeness (QED) is 0.741. The number of nitrogens with two attached hydrogens (primary N) is 1. The SMILES string of the molecule is CC(C)CCN(CCC(C)C)C(=O)Cc1cccc(N)c1. The van der Waals surface area contributed by atoms with E-state index in [9.17, 15) is 4.79 Å². The number of hydrogen-bond acceptors (Lipinski definition) is 2. The van der Waals surface area contributed by atoms with Crippen molar-refractivity contribution in [3.05, 3.63) is 29.8 Å². The lowest BCUT2D eigenvalue weighted by Gasteiger charge is -2.24. The summed E-state index contributed by atoms with van der Waals surface area (Å²) < 4.78 is 0. The molecule has 0 aliphatic rings.